The monoisotopic (exact) mass is 307 g/mol. The molecule has 0 aliphatic carbocycles. The zero-order valence-electron chi connectivity index (χ0n) is 10.1. The molecule has 0 bridgehead atoms. The van der Waals surface area contributed by atoms with Gasteiger partial charge in [-0.2, -0.15) is 0 Å². The molecule has 0 spiro atoms. The Kier molecular flexibility index (Phi) is 4.33. The number of halogens is 1. The molecule has 18 heavy (non-hydrogen) atoms. The van der Waals surface area contributed by atoms with Crippen molar-refractivity contribution in [3.63, 3.8) is 0 Å². The Balaban J connectivity index is 2.10. The molecule has 0 amide bonds. The van der Waals surface area contributed by atoms with Crippen LogP contribution in [-0.4, -0.2) is 10.1 Å². The number of hydrogen-bond donors (Lipinski definition) is 1. The molecular weight excluding hydrogens is 294 g/mol. The van der Waals surface area contributed by atoms with E-state index in [0.29, 0.717) is 12.4 Å². The van der Waals surface area contributed by atoms with Crippen molar-refractivity contribution in [2.24, 2.45) is 0 Å². The van der Waals surface area contributed by atoms with Crippen LogP contribution in [0.2, 0.25) is 0 Å². The van der Waals surface area contributed by atoms with Crippen LogP contribution >= 0.6 is 15.9 Å². The Morgan fingerprint density at radius 2 is 2.11 bits per heavy atom. The smallest absolute Gasteiger partial charge is 0.130 e. The predicted molar refractivity (Wildman–Crippen MR) is 73.4 cm³/mol. The highest BCUT2D eigenvalue weighted by Gasteiger charge is 2.04. The van der Waals surface area contributed by atoms with E-state index in [2.05, 4.69) is 20.9 Å². The maximum atomic E-state index is 9.27. The molecule has 0 saturated carbocycles. The number of benzene rings is 1. The summed E-state index contributed by atoms with van der Waals surface area (Å²) in [6.07, 6.45) is 0. The molecule has 4 heteroatoms. The molecule has 1 N–H and O–H groups in total. The van der Waals surface area contributed by atoms with Gasteiger partial charge in [0.2, 0.25) is 0 Å². The number of aliphatic hydroxyl groups excluding tert-OH is 1. The molecule has 0 atom stereocenters. The van der Waals surface area contributed by atoms with E-state index < -0.39 is 0 Å². The lowest BCUT2D eigenvalue weighted by atomic mass is 10.2. The summed E-state index contributed by atoms with van der Waals surface area (Å²) >= 11 is 3.36. The molecule has 0 radical (unpaired) electrons. The summed E-state index contributed by atoms with van der Waals surface area (Å²) in [5.74, 6) is 0.684. The summed E-state index contributed by atoms with van der Waals surface area (Å²) in [5, 5.41) is 9.27. The maximum absolute atomic E-state index is 9.27. The van der Waals surface area contributed by atoms with Gasteiger partial charge in [-0.15, -0.1) is 0 Å². The lowest BCUT2D eigenvalue weighted by molar-refractivity contribution is 0.257. The third-order valence-corrected chi connectivity index (χ3v) is 3.01. The molecule has 3 nitrogen and oxygen atoms in total. The first kappa shape index (κ1) is 13.1. The zero-order chi connectivity index (χ0) is 13.0. The Morgan fingerprint density at radius 3 is 2.83 bits per heavy atom. The number of rotatable bonds is 4. The Labute approximate surface area is 115 Å². The molecule has 2 aromatic rings. The number of aliphatic hydroxyl groups is 1. The highest BCUT2D eigenvalue weighted by Crippen LogP contribution is 2.23. The van der Waals surface area contributed by atoms with Crippen LogP contribution in [0.15, 0.2) is 40.9 Å². The topological polar surface area (TPSA) is 42.4 Å². The highest BCUT2D eigenvalue weighted by molar-refractivity contribution is 9.10. The quantitative estimate of drug-likeness (QED) is 0.943. The predicted octanol–water partition coefficient (Wildman–Crippen LogP) is 3.22. The van der Waals surface area contributed by atoms with Crippen LogP contribution in [0.3, 0.4) is 0 Å². The number of hydrogen-bond acceptors (Lipinski definition) is 3. The van der Waals surface area contributed by atoms with E-state index in [0.717, 1.165) is 21.4 Å². The fourth-order valence-corrected chi connectivity index (χ4v) is 2.05. The third-order valence-electron chi connectivity index (χ3n) is 2.51. The lowest BCUT2D eigenvalue weighted by Gasteiger charge is -2.10. The molecule has 0 fully saturated rings. The Morgan fingerprint density at radius 1 is 1.28 bits per heavy atom. The van der Waals surface area contributed by atoms with Crippen LogP contribution in [0.5, 0.6) is 5.75 Å². The normalized spacial score (nSPS) is 10.4. The molecule has 0 aliphatic rings. The molecule has 1 aromatic carbocycles. The van der Waals surface area contributed by atoms with Gasteiger partial charge in [0, 0.05) is 15.7 Å². The molecule has 0 saturated heterocycles. The Hall–Kier alpha value is -1.39. The van der Waals surface area contributed by atoms with Gasteiger partial charge in [0.05, 0.1) is 12.3 Å². The molecule has 2 rings (SSSR count). The van der Waals surface area contributed by atoms with Crippen LogP contribution in [0.4, 0.5) is 0 Å². The van der Waals surface area contributed by atoms with Gasteiger partial charge in [0.15, 0.2) is 0 Å². The van der Waals surface area contributed by atoms with E-state index in [-0.39, 0.29) is 6.61 Å². The average Bonchev–Trinajstić information content (AvgIpc) is 2.37. The minimum atomic E-state index is -0.0456. The van der Waals surface area contributed by atoms with Crippen molar-refractivity contribution in [2.45, 2.75) is 20.1 Å². The minimum Gasteiger partial charge on any atom is -0.487 e. The zero-order valence-corrected chi connectivity index (χ0v) is 11.6. The van der Waals surface area contributed by atoms with Gasteiger partial charge in [-0.25, -0.2) is 0 Å². The summed E-state index contributed by atoms with van der Waals surface area (Å²) in [4.78, 5) is 4.36. The highest BCUT2D eigenvalue weighted by atomic mass is 79.9. The second-order valence-electron chi connectivity index (χ2n) is 3.97. The number of aryl methyl sites for hydroxylation is 1. The first-order valence-corrected chi connectivity index (χ1v) is 6.43. The van der Waals surface area contributed by atoms with Crippen molar-refractivity contribution in [2.75, 3.05) is 0 Å². The van der Waals surface area contributed by atoms with Gasteiger partial charge in [-0.1, -0.05) is 22.0 Å². The number of nitrogens with zero attached hydrogens (tertiary/aromatic N) is 1. The van der Waals surface area contributed by atoms with Crippen molar-refractivity contribution in [1.29, 1.82) is 0 Å². The van der Waals surface area contributed by atoms with Crippen LogP contribution in [0.25, 0.3) is 0 Å². The van der Waals surface area contributed by atoms with Gasteiger partial charge >= 0.3 is 0 Å². The molecule has 0 unspecified atom stereocenters. The lowest BCUT2D eigenvalue weighted by Crippen LogP contribution is -2.01. The SMILES string of the molecule is Cc1cccc(COc2ccc(Br)cc2CO)n1. The van der Waals surface area contributed by atoms with Crippen molar-refractivity contribution < 1.29 is 9.84 Å². The van der Waals surface area contributed by atoms with Gasteiger partial charge in [-0.05, 0) is 37.3 Å². The summed E-state index contributed by atoms with van der Waals surface area (Å²) in [7, 11) is 0. The molecular formula is C14H14BrNO2. The third kappa shape index (κ3) is 3.31. The first-order chi connectivity index (χ1) is 8.69. The fraction of sp³-hybridized carbons (Fsp3) is 0.214. The van der Waals surface area contributed by atoms with Gasteiger partial charge in [-0.3, -0.25) is 4.98 Å². The second kappa shape index (κ2) is 5.98. The van der Waals surface area contributed by atoms with Crippen molar-refractivity contribution in [1.82, 2.24) is 4.98 Å². The van der Waals surface area contributed by atoms with E-state index in [1.807, 2.05) is 43.3 Å². The van der Waals surface area contributed by atoms with Gasteiger partial charge in [0.1, 0.15) is 12.4 Å². The summed E-state index contributed by atoms with van der Waals surface area (Å²) < 4.78 is 6.60. The number of ether oxygens (including phenoxy) is 1. The van der Waals surface area contributed by atoms with E-state index in [4.69, 9.17) is 4.74 Å². The largest absolute Gasteiger partial charge is 0.487 e. The fourth-order valence-electron chi connectivity index (χ4n) is 1.64. The molecule has 94 valence electrons. The van der Waals surface area contributed by atoms with Crippen molar-refractivity contribution in [3.05, 3.63) is 57.8 Å². The number of aromatic nitrogens is 1. The van der Waals surface area contributed by atoms with E-state index in [1.165, 1.54) is 0 Å². The number of pyridine rings is 1. The van der Waals surface area contributed by atoms with Gasteiger partial charge in [0.25, 0.3) is 0 Å². The van der Waals surface area contributed by atoms with Crippen molar-refractivity contribution in [3.8, 4) is 5.75 Å². The summed E-state index contributed by atoms with van der Waals surface area (Å²) in [6, 6.07) is 11.4. The van der Waals surface area contributed by atoms with Crippen LogP contribution in [0.1, 0.15) is 17.0 Å². The first-order valence-electron chi connectivity index (χ1n) is 5.63. The van der Waals surface area contributed by atoms with Crippen molar-refractivity contribution >= 4 is 15.9 Å². The van der Waals surface area contributed by atoms with Gasteiger partial charge < -0.3 is 9.84 Å². The molecule has 1 aromatic heterocycles. The van der Waals surface area contributed by atoms with E-state index >= 15 is 0 Å². The molecule has 1 heterocycles. The van der Waals surface area contributed by atoms with Crippen LogP contribution in [-0.2, 0) is 13.2 Å². The average molecular weight is 308 g/mol. The maximum Gasteiger partial charge on any atom is 0.130 e. The van der Waals surface area contributed by atoms with Crippen LogP contribution in [0, 0.1) is 6.92 Å². The van der Waals surface area contributed by atoms with Crippen LogP contribution < -0.4 is 4.74 Å². The van der Waals surface area contributed by atoms with E-state index in [1.54, 1.807) is 0 Å². The minimum absolute atomic E-state index is 0.0456. The van der Waals surface area contributed by atoms with E-state index in [9.17, 15) is 5.11 Å². The molecule has 0 aliphatic heterocycles. The second-order valence-corrected chi connectivity index (χ2v) is 4.88. The standard InChI is InChI=1S/C14H14BrNO2/c1-10-3-2-4-13(16-10)9-18-14-6-5-12(15)7-11(14)8-17/h2-7,17H,8-9H2,1H3. The summed E-state index contributed by atoms with van der Waals surface area (Å²) in [6.45, 7) is 2.30. The Bertz CT molecular complexity index is 543. The summed E-state index contributed by atoms with van der Waals surface area (Å²) in [5.41, 5.74) is 2.60.